The average molecular weight is 357 g/mol. The molecule has 1 heterocycles. The maximum absolute atomic E-state index is 13.8. The number of hydrogen-bond donors (Lipinski definition) is 0. The van der Waals surface area contributed by atoms with Crippen LogP contribution in [0.25, 0.3) is 0 Å². The molecule has 0 aromatic heterocycles. The van der Waals surface area contributed by atoms with E-state index in [1.165, 1.54) is 17.8 Å². The van der Waals surface area contributed by atoms with Crippen LogP contribution in [0.4, 0.5) is 4.39 Å². The van der Waals surface area contributed by atoms with Gasteiger partial charge in [-0.1, -0.05) is 6.07 Å². The van der Waals surface area contributed by atoms with Crippen LogP contribution >= 0.6 is 27.7 Å². The summed E-state index contributed by atoms with van der Waals surface area (Å²) in [7, 11) is 0. The number of nitrogens with zero attached hydrogens (tertiary/aromatic N) is 2. The number of rotatable bonds is 2. The van der Waals surface area contributed by atoms with Gasteiger partial charge in [0.1, 0.15) is 10.6 Å². The van der Waals surface area contributed by atoms with Gasteiger partial charge in [0.15, 0.2) is 0 Å². The van der Waals surface area contributed by atoms with E-state index in [0.717, 1.165) is 0 Å². The van der Waals surface area contributed by atoms with Crippen LogP contribution in [0, 0.1) is 17.1 Å². The first-order valence-electron chi connectivity index (χ1n) is 6.23. The van der Waals surface area contributed by atoms with Crippen LogP contribution < -0.4 is 0 Å². The molecule has 6 heteroatoms. The maximum atomic E-state index is 13.8. The summed E-state index contributed by atoms with van der Waals surface area (Å²) in [5.74, 6) is -0.839. The highest BCUT2D eigenvalue weighted by atomic mass is 79.9. The zero-order valence-corrected chi connectivity index (χ0v) is 13.4. The van der Waals surface area contributed by atoms with E-state index in [4.69, 9.17) is 0 Å². The fourth-order valence-electron chi connectivity index (χ4n) is 2.29. The molecule has 0 saturated carbocycles. The second kappa shape index (κ2) is 6.15. The van der Waals surface area contributed by atoms with Crippen molar-refractivity contribution in [1.29, 1.82) is 5.26 Å². The molecule has 0 bridgehead atoms. The summed E-state index contributed by atoms with van der Waals surface area (Å²) < 4.78 is 13.9. The molecule has 1 amide bonds. The normalized spacial score (nSPS) is 17.6. The molecule has 1 fully saturated rings. The molecule has 1 aliphatic heterocycles. The Labute approximate surface area is 130 Å². The first-order chi connectivity index (χ1) is 9.53. The Hall–Kier alpha value is -1.06. The number of carbonyl (C=O) groups excluding carboxylic acids is 1. The summed E-state index contributed by atoms with van der Waals surface area (Å²) in [6, 6.07) is 6.82. The molecule has 0 radical (unpaired) electrons. The van der Waals surface area contributed by atoms with E-state index in [-0.39, 0.29) is 11.5 Å². The molecule has 3 nitrogen and oxygen atoms in total. The molecule has 0 N–H and O–H groups in total. The van der Waals surface area contributed by atoms with Crippen LogP contribution in [-0.4, -0.2) is 34.9 Å². The number of amides is 1. The molecular formula is C14H14BrFN2OS. The van der Waals surface area contributed by atoms with Crippen LogP contribution in [0.3, 0.4) is 0 Å². The second-order valence-corrected chi connectivity index (χ2v) is 6.74. The summed E-state index contributed by atoms with van der Waals surface area (Å²) in [5.41, 5.74) is 0.0705. The van der Waals surface area contributed by atoms with Gasteiger partial charge in [0.05, 0.1) is 11.6 Å². The number of piperidine rings is 1. The lowest BCUT2D eigenvalue weighted by atomic mass is 9.96. The zero-order valence-electron chi connectivity index (χ0n) is 11.0. The summed E-state index contributed by atoms with van der Waals surface area (Å²) >= 11 is 4.75. The van der Waals surface area contributed by atoms with Gasteiger partial charge in [-0.25, -0.2) is 4.39 Å². The van der Waals surface area contributed by atoms with Gasteiger partial charge < -0.3 is 4.90 Å². The van der Waals surface area contributed by atoms with Gasteiger partial charge in [-0.2, -0.15) is 5.26 Å². The SMILES string of the molecule is CSC1(C#N)CCN(C(=O)c2c(F)cccc2Br)CC1. The lowest BCUT2D eigenvalue weighted by molar-refractivity contribution is 0.0711. The highest BCUT2D eigenvalue weighted by Crippen LogP contribution is 2.34. The average Bonchev–Trinajstić information content (AvgIpc) is 2.47. The summed E-state index contributed by atoms with van der Waals surface area (Å²) in [5, 5.41) is 9.23. The van der Waals surface area contributed by atoms with Gasteiger partial charge in [-0.15, -0.1) is 11.8 Å². The minimum atomic E-state index is -0.522. The number of halogens is 2. The maximum Gasteiger partial charge on any atom is 0.257 e. The Kier molecular flexibility index (Phi) is 4.71. The van der Waals surface area contributed by atoms with Crippen LogP contribution in [0.5, 0.6) is 0 Å². The smallest absolute Gasteiger partial charge is 0.257 e. The van der Waals surface area contributed by atoms with Crippen molar-refractivity contribution in [1.82, 2.24) is 4.90 Å². The molecule has 1 aromatic rings. The summed E-state index contributed by atoms with van der Waals surface area (Å²) in [6.07, 6.45) is 3.14. The molecule has 2 rings (SSSR count). The predicted octanol–water partition coefficient (Wildman–Crippen LogP) is 3.45. The van der Waals surface area contributed by atoms with Crippen LogP contribution in [0.2, 0.25) is 0 Å². The molecule has 0 atom stereocenters. The first kappa shape index (κ1) is 15.3. The van der Waals surface area contributed by atoms with Crippen LogP contribution in [0.15, 0.2) is 22.7 Å². The minimum Gasteiger partial charge on any atom is -0.338 e. The van der Waals surface area contributed by atoms with E-state index in [0.29, 0.717) is 30.4 Å². The van der Waals surface area contributed by atoms with Gasteiger partial charge in [-0.05, 0) is 47.2 Å². The third kappa shape index (κ3) is 2.84. The second-order valence-electron chi connectivity index (χ2n) is 4.70. The molecule has 1 aromatic carbocycles. The monoisotopic (exact) mass is 356 g/mol. The van der Waals surface area contributed by atoms with Crippen molar-refractivity contribution in [3.05, 3.63) is 34.1 Å². The number of hydrogen-bond acceptors (Lipinski definition) is 3. The van der Waals surface area contributed by atoms with E-state index >= 15 is 0 Å². The van der Waals surface area contributed by atoms with Crippen molar-refractivity contribution in [2.24, 2.45) is 0 Å². The fourth-order valence-corrected chi connectivity index (χ4v) is 3.49. The van der Waals surface area contributed by atoms with Crippen LogP contribution in [0.1, 0.15) is 23.2 Å². The quantitative estimate of drug-likeness (QED) is 0.814. The summed E-state index contributed by atoms with van der Waals surface area (Å²) in [6.45, 7) is 0.960. The Balaban J connectivity index is 2.16. The highest BCUT2D eigenvalue weighted by molar-refractivity contribution is 9.10. The molecule has 0 unspecified atom stereocenters. The Morgan fingerprint density at radius 3 is 2.65 bits per heavy atom. The number of benzene rings is 1. The molecule has 1 aliphatic rings. The van der Waals surface area contributed by atoms with Crippen molar-refractivity contribution in [2.75, 3.05) is 19.3 Å². The third-order valence-electron chi connectivity index (χ3n) is 3.63. The zero-order chi connectivity index (χ0) is 14.8. The van der Waals surface area contributed by atoms with Crippen molar-refractivity contribution < 1.29 is 9.18 Å². The molecule has 0 spiro atoms. The van der Waals surface area contributed by atoms with Crippen molar-refractivity contribution in [3.8, 4) is 6.07 Å². The van der Waals surface area contributed by atoms with Crippen molar-refractivity contribution in [2.45, 2.75) is 17.6 Å². The van der Waals surface area contributed by atoms with Gasteiger partial charge >= 0.3 is 0 Å². The van der Waals surface area contributed by atoms with Crippen LogP contribution in [-0.2, 0) is 0 Å². The standard InChI is InChI=1S/C14H14BrFN2OS/c1-20-14(9-17)5-7-18(8-6-14)13(19)12-10(15)3-2-4-11(12)16/h2-4H,5-8H2,1H3. The van der Waals surface area contributed by atoms with E-state index in [9.17, 15) is 14.4 Å². The van der Waals surface area contributed by atoms with E-state index in [1.807, 2.05) is 6.26 Å². The van der Waals surface area contributed by atoms with Crippen molar-refractivity contribution >= 4 is 33.6 Å². The van der Waals surface area contributed by atoms with Gasteiger partial charge in [0.25, 0.3) is 5.91 Å². The number of thioether (sulfide) groups is 1. The lowest BCUT2D eigenvalue weighted by Gasteiger charge is -2.36. The molecule has 106 valence electrons. The van der Waals surface area contributed by atoms with E-state index < -0.39 is 10.6 Å². The molecule has 0 aliphatic carbocycles. The predicted molar refractivity (Wildman–Crippen MR) is 81.1 cm³/mol. The summed E-state index contributed by atoms with van der Waals surface area (Å²) in [4.78, 5) is 14.0. The van der Waals surface area contributed by atoms with Gasteiger partial charge in [0.2, 0.25) is 0 Å². The highest BCUT2D eigenvalue weighted by Gasteiger charge is 2.36. The Morgan fingerprint density at radius 2 is 2.15 bits per heavy atom. The van der Waals surface area contributed by atoms with Crippen molar-refractivity contribution in [3.63, 3.8) is 0 Å². The number of nitriles is 1. The van der Waals surface area contributed by atoms with Gasteiger partial charge in [-0.3, -0.25) is 4.79 Å². The first-order valence-corrected chi connectivity index (χ1v) is 8.24. The third-order valence-corrected chi connectivity index (χ3v) is 5.57. The van der Waals surface area contributed by atoms with E-state index in [1.54, 1.807) is 17.0 Å². The fraction of sp³-hybridized carbons (Fsp3) is 0.429. The van der Waals surface area contributed by atoms with E-state index in [2.05, 4.69) is 22.0 Å². The number of likely N-dealkylation sites (tertiary alicyclic amines) is 1. The molecular weight excluding hydrogens is 343 g/mol. The number of carbonyl (C=O) groups is 1. The lowest BCUT2D eigenvalue weighted by Crippen LogP contribution is -2.44. The van der Waals surface area contributed by atoms with Gasteiger partial charge in [0, 0.05) is 17.6 Å². The minimum absolute atomic E-state index is 0.0705. The largest absolute Gasteiger partial charge is 0.338 e. The molecule has 1 saturated heterocycles. The Morgan fingerprint density at radius 1 is 1.50 bits per heavy atom. The Bertz CT molecular complexity index is 545. The topological polar surface area (TPSA) is 44.1 Å². The molecule has 20 heavy (non-hydrogen) atoms.